The summed E-state index contributed by atoms with van der Waals surface area (Å²) in [5.74, 6) is -0.959. The number of esters is 1. The first-order chi connectivity index (χ1) is 8.40. The number of aromatic nitrogens is 1. The van der Waals surface area contributed by atoms with E-state index < -0.39 is 39.3 Å². The molecule has 9 heteroatoms. The van der Waals surface area contributed by atoms with Crippen LogP contribution in [0.5, 0.6) is 0 Å². The van der Waals surface area contributed by atoms with Crippen LogP contribution in [0.3, 0.4) is 0 Å². The summed E-state index contributed by atoms with van der Waals surface area (Å²) < 4.78 is 29.6. The lowest BCUT2D eigenvalue weighted by Gasteiger charge is -2.07. The van der Waals surface area contributed by atoms with Gasteiger partial charge in [-0.15, -0.1) is 0 Å². The summed E-state index contributed by atoms with van der Waals surface area (Å²) in [7, 11) is 0. The van der Waals surface area contributed by atoms with Crippen molar-refractivity contribution < 1.29 is 23.2 Å². The average molecular weight is 281 g/mol. The third-order valence-corrected chi connectivity index (χ3v) is 2.29. The van der Waals surface area contributed by atoms with Gasteiger partial charge in [0, 0.05) is 6.20 Å². The molecule has 1 heterocycles. The Bertz CT molecular complexity index is 496. The molecule has 0 N–H and O–H groups in total. The number of pyridine rings is 1. The van der Waals surface area contributed by atoms with Gasteiger partial charge in [-0.2, -0.15) is 0 Å². The van der Waals surface area contributed by atoms with Crippen LogP contribution in [0.2, 0.25) is 5.02 Å². The average Bonchev–Trinajstić information content (AvgIpc) is 2.27. The van der Waals surface area contributed by atoms with Gasteiger partial charge in [-0.05, 0) is 6.92 Å². The van der Waals surface area contributed by atoms with Crippen LogP contribution in [0.1, 0.15) is 29.4 Å². The van der Waals surface area contributed by atoms with Crippen molar-refractivity contribution in [3.05, 3.63) is 32.6 Å². The van der Waals surface area contributed by atoms with Crippen molar-refractivity contribution in [3.8, 4) is 0 Å². The van der Waals surface area contributed by atoms with Crippen LogP contribution >= 0.6 is 11.6 Å². The summed E-state index contributed by atoms with van der Waals surface area (Å²) in [5, 5.41) is 9.97. The van der Waals surface area contributed by atoms with E-state index in [0.717, 1.165) is 6.20 Å². The first kappa shape index (κ1) is 14.2. The second kappa shape index (κ2) is 5.67. The Kier molecular flexibility index (Phi) is 4.49. The molecule has 0 unspecified atom stereocenters. The van der Waals surface area contributed by atoms with Crippen molar-refractivity contribution in [2.45, 2.75) is 13.3 Å². The first-order valence-corrected chi connectivity index (χ1v) is 5.06. The Morgan fingerprint density at radius 3 is 2.72 bits per heavy atom. The first-order valence-electron chi connectivity index (χ1n) is 4.68. The Morgan fingerprint density at radius 2 is 2.28 bits per heavy atom. The van der Waals surface area contributed by atoms with Gasteiger partial charge in [0.25, 0.3) is 6.43 Å². The molecule has 0 spiro atoms. The number of alkyl halides is 2. The lowest BCUT2D eigenvalue weighted by atomic mass is 10.2. The molecule has 0 atom stereocenters. The largest absolute Gasteiger partial charge is 0.462 e. The van der Waals surface area contributed by atoms with Gasteiger partial charge in [0.15, 0.2) is 5.69 Å². The standard InChI is InChI=1S/C9H7ClF2N2O4/c1-2-18-9(15)4-3-13-6(8(11)12)7(5(4)10)14(16)17/h3,8H,2H2,1H3. The van der Waals surface area contributed by atoms with E-state index in [1.807, 2.05) is 0 Å². The quantitative estimate of drug-likeness (QED) is 0.481. The molecule has 0 fully saturated rings. The lowest BCUT2D eigenvalue weighted by Crippen LogP contribution is -2.09. The predicted octanol–water partition coefficient (Wildman–Crippen LogP) is 2.76. The number of hydrogen-bond acceptors (Lipinski definition) is 5. The van der Waals surface area contributed by atoms with Gasteiger partial charge in [0.1, 0.15) is 10.6 Å². The topological polar surface area (TPSA) is 82.3 Å². The molecule has 1 rings (SSSR count). The molecule has 0 radical (unpaired) electrons. The molecule has 98 valence electrons. The van der Waals surface area contributed by atoms with Crippen molar-refractivity contribution in [1.82, 2.24) is 4.98 Å². The number of carbonyl (C=O) groups excluding carboxylic acids is 1. The highest BCUT2D eigenvalue weighted by atomic mass is 35.5. The summed E-state index contributed by atoms with van der Waals surface area (Å²) in [5.41, 5.74) is -2.59. The molecule has 0 aliphatic heterocycles. The molecule has 18 heavy (non-hydrogen) atoms. The van der Waals surface area contributed by atoms with E-state index >= 15 is 0 Å². The van der Waals surface area contributed by atoms with Crippen LogP contribution in [0.25, 0.3) is 0 Å². The fourth-order valence-corrected chi connectivity index (χ4v) is 1.47. The molecule has 0 aliphatic carbocycles. The zero-order valence-electron chi connectivity index (χ0n) is 9.02. The third-order valence-electron chi connectivity index (χ3n) is 1.90. The summed E-state index contributed by atoms with van der Waals surface area (Å²) in [6.07, 6.45) is -2.44. The van der Waals surface area contributed by atoms with E-state index in [2.05, 4.69) is 9.72 Å². The van der Waals surface area contributed by atoms with Crippen LogP contribution in [-0.4, -0.2) is 22.5 Å². The summed E-state index contributed by atoms with van der Waals surface area (Å²) in [4.78, 5) is 24.1. The summed E-state index contributed by atoms with van der Waals surface area (Å²) in [6.45, 7) is 1.53. The highest BCUT2D eigenvalue weighted by Crippen LogP contribution is 2.35. The van der Waals surface area contributed by atoms with Crippen molar-refractivity contribution in [2.24, 2.45) is 0 Å². The Morgan fingerprint density at radius 1 is 1.67 bits per heavy atom. The molecule has 1 aromatic heterocycles. The number of rotatable bonds is 4. The molecular formula is C9H7ClF2N2O4. The van der Waals surface area contributed by atoms with Gasteiger partial charge < -0.3 is 4.74 Å². The van der Waals surface area contributed by atoms with E-state index in [1.54, 1.807) is 0 Å². The van der Waals surface area contributed by atoms with E-state index in [0.29, 0.717) is 0 Å². The van der Waals surface area contributed by atoms with Crippen LogP contribution in [0.15, 0.2) is 6.20 Å². The van der Waals surface area contributed by atoms with Gasteiger partial charge in [-0.3, -0.25) is 10.1 Å². The molecule has 0 saturated heterocycles. The molecule has 0 amide bonds. The highest BCUT2D eigenvalue weighted by Gasteiger charge is 2.31. The molecule has 0 bridgehead atoms. The van der Waals surface area contributed by atoms with Gasteiger partial charge in [0.2, 0.25) is 0 Å². The number of nitrogens with zero attached hydrogens (tertiary/aromatic N) is 2. The lowest BCUT2D eigenvalue weighted by molar-refractivity contribution is -0.386. The van der Waals surface area contributed by atoms with Gasteiger partial charge in [0.05, 0.1) is 11.5 Å². The molecule has 6 nitrogen and oxygen atoms in total. The number of halogens is 3. The van der Waals surface area contributed by atoms with Crippen molar-refractivity contribution in [3.63, 3.8) is 0 Å². The molecule has 0 aromatic carbocycles. The van der Waals surface area contributed by atoms with E-state index in [1.165, 1.54) is 6.92 Å². The minimum atomic E-state index is -3.17. The van der Waals surface area contributed by atoms with Crippen molar-refractivity contribution in [1.29, 1.82) is 0 Å². The number of nitro groups is 1. The van der Waals surface area contributed by atoms with Gasteiger partial charge in [-0.25, -0.2) is 18.6 Å². The second-order valence-corrected chi connectivity index (χ2v) is 3.38. The van der Waals surface area contributed by atoms with Gasteiger partial charge in [-0.1, -0.05) is 11.6 Å². The summed E-state index contributed by atoms with van der Waals surface area (Å²) >= 11 is 5.57. The number of hydrogen-bond donors (Lipinski definition) is 0. The Hall–Kier alpha value is -1.83. The minimum absolute atomic E-state index is 0.0135. The second-order valence-electron chi connectivity index (χ2n) is 3.00. The third kappa shape index (κ3) is 2.70. The minimum Gasteiger partial charge on any atom is -0.462 e. The monoisotopic (exact) mass is 280 g/mol. The molecular weight excluding hydrogens is 274 g/mol. The van der Waals surface area contributed by atoms with E-state index in [4.69, 9.17) is 11.6 Å². The SMILES string of the molecule is CCOC(=O)c1cnc(C(F)F)c([N+](=O)[O-])c1Cl. The molecule has 0 aliphatic rings. The zero-order valence-corrected chi connectivity index (χ0v) is 9.78. The Labute approximate surface area is 105 Å². The predicted molar refractivity (Wildman–Crippen MR) is 56.8 cm³/mol. The number of carbonyl (C=O) groups is 1. The Balaban J connectivity index is 3.39. The van der Waals surface area contributed by atoms with E-state index in [9.17, 15) is 23.7 Å². The van der Waals surface area contributed by atoms with E-state index in [-0.39, 0.29) is 6.61 Å². The molecule has 0 saturated carbocycles. The maximum absolute atomic E-state index is 12.5. The fraction of sp³-hybridized carbons (Fsp3) is 0.333. The molecule has 1 aromatic rings. The van der Waals surface area contributed by atoms with Crippen LogP contribution in [0, 0.1) is 10.1 Å². The van der Waals surface area contributed by atoms with Crippen molar-refractivity contribution >= 4 is 23.3 Å². The zero-order chi connectivity index (χ0) is 13.9. The highest BCUT2D eigenvalue weighted by molar-refractivity contribution is 6.35. The van der Waals surface area contributed by atoms with Gasteiger partial charge >= 0.3 is 11.7 Å². The smallest absolute Gasteiger partial charge is 0.341 e. The maximum Gasteiger partial charge on any atom is 0.341 e. The van der Waals surface area contributed by atoms with Crippen molar-refractivity contribution in [2.75, 3.05) is 6.61 Å². The van der Waals surface area contributed by atoms with Crippen LogP contribution < -0.4 is 0 Å². The maximum atomic E-state index is 12.5. The van der Waals surface area contributed by atoms with Crippen LogP contribution in [-0.2, 0) is 4.74 Å². The van der Waals surface area contributed by atoms with Crippen LogP contribution in [0.4, 0.5) is 14.5 Å². The normalized spacial score (nSPS) is 10.5. The number of ether oxygens (including phenoxy) is 1. The summed E-state index contributed by atoms with van der Waals surface area (Å²) in [6, 6.07) is 0. The fourth-order valence-electron chi connectivity index (χ4n) is 1.18.